The predicted molar refractivity (Wildman–Crippen MR) is 79.3 cm³/mol. The summed E-state index contributed by atoms with van der Waals surface area (Å²) in [5.41, 5.74) is 8.04. The highest BCUT2D eigenvalue weighted by Gasteiger charge is 2.18. The Morgan fingerprint density at radius 3 is 2.48 bits per heavy atom. The van der Waals surface area contributed by atoms with Crippen LogP contribution in [0.1, 0.15) is 29.5 Å². The predicted octanol–water partition coefficient (Wildman–Crippen LogP) is 3.08. The molecule has 0 aliphatic carbocycles. The van der Waals surface area contributed by atoms with Gasteiger partial charge < -0.3 is 10.8 Å². The third-order valence-corrected chi connectivity index (χ3v) is 3.50. The Morgan fingerprint density at radius 1 is 1.24 bits per heavy atom. The zero-order valence-electron chi connectivity index (χ0n) is 11.8. The van der Waals surface area contributed by atoms with Crippen LogP contribution in [0.2, 0.25) is 0 Å². The molecule has 2 unspecified atom stereocenters. The molecule has 0 saturated heterocycles. The van der Waals surface area contributed by atoms with Crippen molar-refractivity contribution in [2.24, 2.45) is 5.73 Å². The van der Waals surface area contributed by atoms with Gasteiger partial charge in [0, 0.05) is 12.0 Å². The Morgan fingerprint density at radius 2 is 1.90 bits per heavy atom. The highest BCUT2D eigenvalue weighted by molar-refractivity contribution is 5.37. The number of aromatic hydroxyl groups is 1. The van der Waals surface area contributed by atoms with Crippen LogP contribution in [0.15, 0.2) is 42.5 Å². The molecule has 0 bridgehead atoms. The summed E-state index contributed by atoms with van der Waals surface area (Å²) in [6.07, 6.45) is 0.617. The summed E-state index contributed by atoms with van der Waals surface area (Å²) in [7, 11) is 0. The average Bonchev–Trinajstić information content (AvgIpc) is 2.45. The van der Waals surface area contributed by atoms with Crippen molar-refractivity contribution in [2.45, 2.75) is 25.3 Å². The molecule has 108 valence electrons. The largest absolute Gasteiger partial charge is 0.508 e. The first-order valence-electron chi connectivity index (χ1n) is 6.73. The number of nitrogens with zero attached hydrogens (tertiary/aromatic N) is 1. The van der Waals surface area contributed by atoms with Gasteiger partial charge in [-0.25, -0.2) is 4.39 Å². The van der Waals surface area contributed by atoms with Crippen molar-refractivity contribution in [3.63, 3.8) is 0 Å². The molecule has 0 radical (unpaired) electrons. The van der Waals surface area contributed by atoms with E-state index in [1.54, 1.807) is 18.2 Å². The van der Waals surface area contributed by atoms with Gasteiger partial charge in [-0.3, -0.25) is 0 Å². The molecule has 3 N–H and O–H groups in total. The molecule has 0 spiro atoms. The van der Waals surface area contributed by atoms with Crippen molar-refractivity contribution in [1.82, 2.24) is 0 Å². The number of nitrogens with two attached hydrogens (primary N) is 1. The molecular weight excluding hydrogens is 267 g/mol. The number of benzene rings is 2. The van der Waals surface area contributed by atoms with Crippen molar-refractivity contribution in [1.29, 1.82) is 5.26 Å². The maximum absolute atomic E-state index is 13.6. The van der Waals surface area contributed by atoms with Gasteiger partial charge in [0.2, 0.25) is 0 Å². The summed E-state index contributed by atoms with van der Waals surface area (Å²) in [5, 5.41) is 18.3. The molecular formula is C17H17FN2O. The number of nitriles is 1. The molecule has 0 aliphatic heterocycles. The lowest BCUT2D eigenvalue weighted by Crippen LogP contribution is -2.26. The summed E-state index contributed by atoms with van der Waals surface area (Å²) in [5.74, 6) is -0.327. The first kappa shape index (κ1) is 15.0. The second-order valence-electron chi connectivity index (χ2n) is 5.22. The first-order valence-corrected chi connectivity index (χ1v) is 6.73. The van der Waals surface area contributed by atoms with Crippen molar-refractivity contribution in [3.05, 3.63) is 65.0 Å². The lowest BCUT2D eigenvalue weighted by molar-refractivity contribution is 0.474. The molecule has 2 aromatic carbocycles. The third kappa shape index (κ3) is 3.80. The minimum Gasteiger partial charge on any atom is -0.508 e. The minimum absolute atomic E-state index is 0.0997. The van der Waals surface area contributed by atoms with E-state index >= 15 is 0 Å². The number of rotatable bonds is 4. The molecule has 0 saturated carbocycles. The van der Waals surface area contributed by atoms with Gasteiger partial charge in [0.1, 0.15) is 11.6 Å². The first-order chi connectivity index (χ1) is 9.99. The Hall–Kier alpha value is -2.38. The number of hydrogen-bond acceptors (Lipinski definition) is 3. The highest BCUT2D eigenvalue weighted by atomic mass is 19.1. The summed E-state index contributed by atoms with van der Waals surface area (Å²) in [6.45, 7) is 1.86. The molecule has 3 nitrogen and oxygen atoms in total. The van der Waals surface area contributed by atoms with E-state index < -0.39 is 5.82 Å². The summed E-state index contributed by atoms with van der Waals surface area (Å²) in [4.78, 5) is 0. The van der Waals surface area contributed by atoms with Crippen LogP contribution >= 0.6 is 0 Å². The summed E-state index contributed by atoms with van der Waals surface area (Å²) in [6, 6.07) is 12.9. The van der Waals surface area contributed by atoms with Crippen molar-refractivity contribution in [2.75, 3.05) is 0 Å². The number of phenolic OH excluding ortho intramolecular Hbond substituents is 1. The SMILES string of the molecule is CC(N)C(Cc1ccc(O)cc1)c1cc(F)cc(C#N)c1. The molecule has 2 aromatic rings. The zero-order valence-corrected chi connectivity index (χ0v) is 11.8. The van der Waals surface area contributed by atoms with Crippen LogP contribution in [0, 0.1) is 17.1 Å². The van der Waals surface area contributed by atoms with Crippen LogP contribution in [0.3, 0.4) is 0 Å². The molecule has 21 heavy (non-hydrogen) atoms. The van der Waals surface area contributed by atoms with Gasteiger partial charge in [-0.15, -0.1) is 0 Å². The van der Waals surface area contributed by atoms with Crippen molar-refractivity contribution < 1.29 is 9.50 Å². The minimum atomic E-state index is -0.430. The highest BCUT2D eigenvalue weighted by Crippen LogP contribution is 2.26. The van der Waals surface area contributed by atoms with E-state index in [1.807, 2.05) is 25.1 Å². The Labute approximate surface area is 123 Å². The van der Waals surface area contributed by atoms with E-state index in [0.29, 0.717) is 12.0 Å². The number of hydrogen-bond donors (Lipinski definition) is 2. The van der Waals surface area contributed by atoms with Crippen LogP contribution in [-0.4, -0.2) is 11.1 Å². The van der Waals surface area contributed by atoms with E-state index in [0.717, 1.165) is 11.1 Å². The molecule has 4 heteroatoms. The molecule has 0 amide bonds. The van der Waals surface area contributed by atoms with E-state index in [9.17, 15) is 9.50 Å². The van der Waals surface area contributed by atoms with Crippen LogP contribution < -0.4 is 5.73 Å². The molecule has 0 aliphatic rings. The van der Waals surface area contributed by atoms with Gasteiger partial charge >= 0.3 is 0 Å². The Balaban J connectivity index is 2.33. The zero-order chi connectivity index (χ0) is 15.4. The fraction of sp³-hybridized carbons (Fsp3) is 0.235. The quantitative estimate of drug-likeness (QED) is 0.906. The fourth-order valence-corrected chi connectivity index (χ4v) is 2.38. The lowest BCUT2D eigenvalue weighted by Gasteiger charge is -2.22. The van der Waals surface area contributed by atoms with Crippen LogP contribution in [-0.2, 0) is 6.42 Å². The second-order valence-corrected chi connectivity index (χ2v) is 5.22. The van der Waals surface area contributed by atoms with E-state index in [1.165, 1.54) is 12.1 Å². The van der Waals surface area contributed by atoms with Gasteiger partial charge in [0.25, 0.3) is 0 Å². The van der Waals surface area contributed by atoms with Crippen molar-refractivity contribution in [3.8, 4) is 11.8 Å². The standard InChI is InChI=1S/C17H17FN2O/c1-11(20)17(8-12-2-4-16(21)5-3-12)14-6-13(10-19)7-15(18)9-14/h2-7,9,11,17,21H,8,20H2,1H3. The van der Waals surface area contributed by atoms with Gasteiger partial charge in [0.05, 0.1) is 11.6 Å². The molecule has 2 atom stereocenters. The molecule has 0 fully saturated rings. The van der Waals surface area contributed by atoms with Gasteiger partial charge in [-0.2, -0.15) is 5.26 Å². The summed E-state index contributed by atoms with van der Waals surface area (Å²) >= 11 is 0. The maximum Gasteiger partial charge on any atom is 0.124 e. The van der Waals surface area contributed by atoms with Crippen LogP contribution in [0.4, 0.5) is 4.39 Å². The smallest absolute Gasteiger partial charge is 0.124 e. The lowest BCUT2D eigenvalue weighted by atomic mass is 9.86. The normalized spacial score (nSPS) is 13.4. The number of phenols is 1. The van der Waals surface area contributed by atoms with Crippen LogP contribution in [0.25, 0.3) is 0 Å². The maximum atomic E-state index is 13.6. The third-order valence-electron chi connectivity index (χ3n) is 3.50. The van der Waals surface area contributed by atoms with Gasteiger partial charge in [-0.1, -0.05) is 12.1 Å². The topological polar surface area (TPSA) is 70.0 Å². The molecule has 0 heterocycles. The van der Waals surface area contributed by atoms with Gasteiger partial charge in [0.15, 0.2) is 0 Å². The van der Waals surface area contributed by atoms with Gasteiger partial charge in [-0.05, 0) is 54.8 Å². The monoisotopic (exact) mass is 284 g/mol. The number of halogens is 1. The van der Waals surface area contributed by atoms with Crippen molar-refractivity contribution >= 4 is 0 Å². The summed E-state index contributed by atoms with van der Waals surface area (Å²) < 4.78 is 13.6. The fourth-order valence-electron chi connectivity index (χ4n) is 2.38. The average molecular weight is 284 g/mol. The Kier molecular flexibility index (Phi) is 4.56. The van der Waals surface area contributed by atoms with E-state index in [2.05, 4.69) is 0 Å². The van der Waals surface area contributed by atoms with E-state index in [-0.39, 0.29) is 17.7 Å². The Bertz CT molecular complexity index is 659. The van der Waals surface area contributed by atoms with Crippen LogP contribution in [0.5, 0.6) is 5.75 Å². The second kappa shape index (κ2) is 6.38. The molecule has 2 rings (SSSR count). The van der Waals surface area contributed by atoms with E-state index in [4.69, 9.17) is 11.0 Å². The molecule has 0 aromatic heterocycles.